The van der Waals surface area contributed by atoms with Crippen molar-refractivity contribution in [3.8, 4) is 11.5 Å². The Morgan fingerprint density at radius 1 is 1.03 bits per heavy atom. The number of anilines is 1. The van der Waals surface area contributed by atoms with E-state index in [1.54, 1.807) is 4.90 Å². The Balaban J connectivity index is 1.40. The molecule has 2 atom stereocenters. The highest BCUT2D eigenvalue weighted by atomic mass is 19.3. The molecular weight excluding hydrogens is 460 g/mol. The molecule has 1 saturated carbocycles. The molecule has 1 aliphatic carbocycles. The zero-order chi connectivity index (χ0) is 24.9. The first-order chi connectivity index (χ1) is 16.9. The summed E-state index contributed by atoms with van der Waals surface area (Å²) >= 11 is 0. The fourth-order valence-electron chi connectivity index (χ4n) is 4.84. The maximum atomic E-state index is 13.4. The van der Waals surface area contributed by atoms with Crippen molar-refractivity contribution in [3.63, 3.8) is 0 Å². The van der Waals surface area contributed by atoms with Crippen LogP contribution < -0.4 is 14.4 Å². The Kier molecular flexibility index (Phi) is 7.63. The minimum Gasteiger partial charge on any atom is -0.493 e. The molecule has 0 aromatic heterocycles. The highest BCUT2D eigenvalue weighted by Gasteiger charge is 2.40. The van der Waals surface area contributed by atoms with Crippen molar-refractivity contribution in [2.24, 2.45) is 11.8 Å². The van der Waals surface area contributed by atoms with Gasteiger partial charge in [-0.15, -0.1) is 0 Å². The number of hydrogen-bond donors (Lipinski definition) is 0. The van der Waals surface area contributed by atoms with E-state index >= 15 is 0 Å². The van der Waals surface area contributed by atoms with Gasteiger partial charge in [-0.2, -0.15) is 8.78 Å². The third-order valence-corrected chi connectivity index (χ3v) is 6.59. The third kappa shape index (κ3) is 5.44. The molecular formula is C26H27F2NO6. The molecule has 0 radical (unpaired) electrons. The molecule has 35 heavy (non-hydrogen) atoms. The van der Waals surface area contributed by atoms with Crippen LogP contribution >= 0.6 is 0 Å². The largest absolute Gasteiger partial charge is 0.493 e. The molecule has 0 spiro atoms. The summed E-state index contributed by atoms with van der Waals surface area (Å²) in [6, 6.07) is 11.5. The quantitative estimate of drug-likeness (QED) is 0.405. The Morgan fingerprint density at radius 3 is 2.51 bits per heavy atom. The molecule has 1 heterocycles. The number of fused-ring (bicyclic) bond motifs is 1. The number of nitrogens with zero attached hydrogens (tertiary/aromatic N) is 1. The number of carbonyl (C=O) groups excluding carboxylic acids is 3. The van der Waals surface area contributed by atoms with Crippen LogP contribution in [0.5, 0.6) is 11.5 Å². The molecule has 0 N–H and O–H groups in total. The lowest BCUT2D eigenvalue weighted by molar-refractivity contribution is -0.153. The van der Waals surface area contributed by atoms with Crippen LogP contribution in [0, 0.1) is 11.8 Å². The van der Waals surface area contributed by atoms with Crippen LogP contribution in [0.2, 0.25) is 0 Å². The molecule has 4 rings (SSSR count). The summed E-state index contributed by atoms with van der Waals surface area (Å²) in [7, 11) is 1.26. The Labute approximate surface area is 202 Å². The lowest BCUT2D eigenvalue weighted by Gasteiger charge is -2.32. The maximum Gasteiger partial charge on any atom is 0.387 e. The topological polar surface area (TPSA) is 82.1 Å². The van der Waals surface area contributed by atoms with Gasteiger partial charge in [-0.1, -0.05) is 31.0 Å². The maximum absolute atomic E-state index is 13.4. The molecule has 2 aliphatic rings. The summed E-state index contributed by atoms with van der Waals surface area (Å²) in [6.45, 7) is -2.98. The second-order valence-corrected chi connectivity index (χ2v) is 8.64. The Hall–Kier alpha value is -3.49. The average molecular weight is 487 g/mol. The summed E-state index contributed by atoms with van der Waals surface area (Å²) in [5.74, 6) is -2.53. The third-order valence-electron chi connectivity index (χ3n) is 6.59. The van der Waals surface area contributed by atoms with Crippen LogP contribution in [-0.4, -0.2) is 44.5 Å². The minimum absolute atomic E-state index is 0.0358. The van der Waals surface area contributed by atoms with Crippen molar-refractivity contribution < 1.29 is 37.4 Å². The Bertz CT molecular complexity index is 1100. The van der Waals surface area contributed by atoms with Crippen LogP contribution in [-0.2, 0) is 20.7 Å². The van der Waals surface area contributed by atoms with Gasteiger partial charge in [-0.05, 0) is 49.1 Å². The number of para-hydroxylation sites is 1. The number of alkyl halides is 2. The van der Waals surface area contributed by atoms with Gasteiger partial charge in [0.25, 0.3) is 0 Å². The van der Waals surface area contributed by atoms with E-state index in [9.17, 15) is 23.2 Å². The molecule has 1 fully saturated rings. The monoisotopic (exact) mass is 487 g/mol. The summed E-state index contributed by atoms with van der Waals surface area (Å²) in [4.78, 5) is 40.7. The lowest BCUT2D eigenvalue weighted by Crippen LogP contribution is -2.42. The van der Waals surface area contributed by atoms with Gasteiger partial charge in [-0.25, -0.2) is 0 Å². The van der Waals surface area contributed by atoms with E-state index in [0.717, 1.165) is 30.5 Å². The second-order valence-electron chi connectivity index (χ2n) is 8.64. The van der Waals surface area contributed by atoms with Crippen molar-refractivity contribution in [2.75, 3.05) is 25.2 Å². The van der Waals surface area contributed by atoms with Crippen molar-refractivity contribution in [1.82, 2.24) is 0 Å². The zero-order valence-corrected chi connectivity index (χ0v) is 19.4. The van der Waals surface area contributed by atoms with Crippen molar-refractivity contribution >= 4 is 23.3 Å². The average Bonchev–Trinajstić information content (AvgIpc) is 3.30. The van der Waals surface area contributed by atoms with E-state index in [1.165, 1.54) is 25.3 Å². The number of ether oxygens (including phenoxy) is 3. The summed E-state index contributed by atoms with van der Waals surface area (Å²) in [5.41, 5.74) is 2.13. The van der Waals surface area contributed by atoms with E-state index in [0.29, 0.717) is 19.4 Å². The lowest BCUT2D eigenvalue weighted by atomic mass is 9.78. The molecule has 0 unspecified atom stereocenters. The van der Waals surface area contributed by atoms with E-state index < -0.39 is 36.8 Å². The van der Waals surface area contributed by atoms with Crippen molar-refractivity contribution in [3.05, 3.63) is 53.6 Å². The number of benzene rings is 2. The zero-order valence-electron chi connectivity index (χ0n) is 19.4. The molecule has 2 aromatic carbocycles. The van der Waals surface area contributed by atoms with E-state index in [2.05, 4.69) is 4.74 Å². The minimum atomic E-state index is -3.04. The van der Waals surface area contributed by atoms with E-state index in [1.807, 2.05) is 24.3 Å². The molecule has 186 valence electrons. The normalized spacial score (nSPS) is 19.3. The fraction of sp³-hybridized carbons (Fsp3) is 0.423. The molecule has 1 amide bonds. The first-order valence-electron chi connectivity index (χ1n) is 11.6. The number of rotatable bonds is 8. The summed E-state index contributed by atoms with van der Waals surface area (Å²) < 4.78 is 39.7. The van der Waals surface area contributed by atoms with Gasteiger partial charge < -0.3 is 19.1 Å². The standard InChI is InChI=1S/C26H27F2NO6/c1-33-23-14-17(10-11-22(23)35-26(27)28)21(30)15-34-25(32)19-8-4-3-7-18(19)24(31)29-13-12-16-6-2-5-9-20(16)29/h2,5-6,9-11,14,18-19,26H,3-4,7-8,12-13,15H2,1H3/t18-,19+/m0/s1. The van der Waals surface area contributed by atoms with Crippen LogP contribution in [0.4, 0.5) is 14.5 Å². The smallest absolute Gasteiger partial charge is 0.387 e. The molecule has 7 nitrogen and oxygen atoms in total. The highest BCUT2D eigenvalue weighted by molar-refractivity contribution is 6.00. The van der Waals surface area contributed by atoms with Crippen LogP contribution in [0.15, 0.2) is 42.5 Å². The summed E-state index contributed by atoms with van der Waals surface area (Å²) in [5, 5.41) is 0. The number of Topliss-reactive ketones (excluding diaryl/α,β-unsaturated/α-hetero) is 1. The van der Waals surface area contributed by atoms with Crippen LogP contribution in [0.3, 0.4) is 0 Å². The number of amides is 1. The number of esters is 1. The molecule has 9 heteroatoms. The molecule has 2 aromatic rings. The van der Waals surface area contributed by atoms with Gasteiger partial charge in [0.1, 0.15) is 0 Å². The predicted molar refractivity (Wildman–Crippen MR) is 123 cm³/mol. The Morgan fingerprint density at radius 2 is 1.77 bits per heavy atom. The van der Waals surface area contributed by atoms with Crippen LogP contribution in [0.25, 0.3) is 0 Å². The van der Waals surface area contributed by atoms with Crippen molar-refractivity contribution in [1.29, 1.82) is 0 Å². The SMILES string of the molecule is COc1cc(C(=O)COC(=O)[C@@H]2CCCC[C@@H]2C(=O)N2CCc3ccccc32)ccc1OC(F)F. The first kappa shape index (κ1) is 24.6. The fourth-order valence-corrected chi connectivity index (χ4v) is 4.84. The van der Waals surface area contributed by atoms with E-state index in [4.69, 9.17) is 9.47 Å². The number of ketones is 1. The van der Waals surface area contributed by atoms with Gasteiger partial charge in [0.2, 0.25) is 5.91 Å². The number of methoxy groups -OCH3 is 1. The summed E-state index contributed by atoms with van der Waals surface area (Å²) in [6.07, 6.45) is 3.54. The predicted octanol–water partition coefficient (Wildman–Crippen LogP) is 4.42. The van der Waals surface area contributed by atoms with Gasteiger partial charge in [0.15, 0.2) is 23.9 Å². The van der Waals surface area contributed by atoms with Gasteiger partial charge in [0.05, 0.1) is 18.9 Å². The van der Waals surface area contributed by atoms with Crippen LogP contribution in [0.1, 0.15) is 41.6 Å². The highest BCUT2D eigenvalue weighted by Crippen LogP contribution is 2.36. The van der Waals surface area contributed by atoms with Gasteiger partial charge in [-0.3, -0.25) is 14.4 Å². The molecule has 0 bridgehead atoms. The molecule has 1 aliphatic heterocycles. The van der Waals surface area contributed by atoms with Gasteiger partial charge >= 0.3 is 12.6 Å². The van der Waals surface area contributed by atoms with E-state index in [-0.39, 0.29) is 23.0 Å². The second kappa shape index (κ2) is 10.8. The number of carbonyl (C=O) groups is 3. The van der Waals surface area contributed by atoms with Gasteiger partial charge in [0, 0.05) is 17.8 Å². The number of halogens is 2. The molecule has 0 saturated heterocycles. The number of hydrogen-bond acceptors (Lipinski definition) is 6. The first-order valence-corrected chi connectivity index (χ1v) is 11.6. The van der Waals surface area contributed by atoms with Crippen molar-refractivity contribution in [2.45, 2.75) is 38.7 Å².